The van der Waals surface area contributed by atoms with Gasteiger partial charge in [0, 0.05) is 17.3 Å². The highest BCUT2D eigenvalue weighted by atomic mass is 16.5. The number of aromatic nitrogens is 3. The molecule has 0 radical (unpaired) electrons. The van der Waals surface area contributed by atoms with Crippen molar-refractivity contribution in [2.75, 3.05) is 7.11 Å². The van der Waals surface area contributed by atoms with Crippen LogP contribution in [0.3, 0.4) is 0 Å². The molecule has 74 valence electrons. The first-order valence-electron chi connectivity index (χ1n) is 4.25. The van der Waals surface area contributed by atoms with Crippen molar-refractivity contribution in [1.82, 2.24) is 14.6 Å². The minimum Gasteiger partial charge on any atom is -0.481 e. The van der Waals surface area contributed by atoms with Gasteiger partial charge in [-0.25, -0.2) is 4.52 Å². The molecule has 0 amide bonds. The number of aryl methyl sites for hydroxylation is 1. The number of hydrogen-bond donors (Lipinski definition) is 1. The van der Waals surface area contributed by atoms with Crippen LogP contribution in [0.2, 0.25) is 0 Å². The van der Waals surface area contributed by atoms with Crippen molar-refractivity contribution in [2.45, 2.75) is 13.5 Å². The van der Waals surface area contributed by atoms with Crippen LogP contribution in [0.15, 0.2) is 12.3 Å². The number of methoxy groups -OCH3 is 1. The van der Waals surface area contributed by atoms with Gasteiger partial charge in [0.2, 0.25) is 5.88 Å². The van der Waals surface area contributed by atoms with Gasteiger partial charge in [0.1, 0.15) is 0 Å². The molecule has 5 nitrogen and oxygen atoms in total. The second-order valence-electron chi connectivity index (χ2n) is 3.00. The molecule has 0 aliphatic carbocycles. The molecule has 2 aromatic heterocycles. The van der Waals surface area contributed by atoms with E-state index in [-0.39, 0.29) is 6.61 Å². The Morgan fingerprint density at radius 2 is 2.36 bits per heavy atom. The highest BCUT2D eigenvalue weighted by Gasteiger charge is 2.08. The van der Waals surface area contributed by atoms with Crippen molar-refractivity contribution in [2.24, 2.45) is 0 Å². The first-order valence-corrected chi connectivity index (χ1v) is 4.25. The summed E-state index contributed by atoms with van der Waals surface area (Å²) in [5.41, 5.74) is 2.27. The Kier molecular flexibility index (Phi) is 2.09. The Labute approximate surface area is 81.0 Å². The van der Waals surface area contributed by atoms with E-state index >= 15 is 0 Å². The molecule has 0 aromatic carbocycles. The maximum absolute atomic E-state index is 9.04. The third-order valence-electron chi connectivity index (χ3n) is 2.08. The van der Waals surface area contributed by atoms with Crippen LogP contribution in [0.4, 0.5) is 0 Å². The standard InChI is InChI=1S/C9H11N3O2/c1-6-3-8(14-2)11-9-7(5-13)4-10-12(6)9/h3-4,13H,5H2,1-2H3. The summed E-state index contributed by atoms with van der Waals surface area (Å²) in [6, 6.07) is 1.79. The van der Waals surface area contributed by atoms with E-state index in [1.54, 1.807) is 23.9 Å². The molecule has 14 heavy (non-hydrogen) atoms. The lowest BCUT2D eigenvalue weighted by molar-refractivity contribution is 0.283. The number of hydrogen-bond acceptors (Lipinski definition) is 4. The Balaban J connectivity index is 2.73. The molecule has 5 heteroatoms. The summed E-state index contributed by atoms with van der Waals surface area (Å²) >= 11 is 0. The summed E-state index contributed by atoms with van der Waals surface area (Å²) < 4.78 is 6.71. The van der Waals surface area contributed by atoms with E-state index in [4.69, 9.17) is 9.84 Å². The first kappa shape index (κ1) is 8.96. The molecule has 0 aliphatic rings. The van der Waals surface area contributed by atoms with E-state index in [2.05, 4.69) is 10.1 Å². The average molecular weight is 193 g/mol. The molecule has 0 unspecified atom stereocenters. The van der Waals surface area contributed by atoms with Gasteiger partial charge in [-0.3, -0.25) is 0 Å². The molecule has 0 bridgehead atoms. The molecule has 2 rings (SSSR count). The van der Waals surface area contributed by atoms with Crippen LogP contribution in [-0.4, -0.2) is 26.8 Å². The summed E-state index contributed by atoms with van der Waals surface area (Å²) in [4.78, 5) is 4.20. The van der Waals surface area contributed by atoms with Gasteiger partial charge < -0.3 is 9.84 Å². The second kappa shape index (κ2) is 3.26. The van der Waals surface area contributed by atoms with Gasteiger partial charge >= 0.3 is 0 Å². The van der Waals surface area contributed by atoms with E-state index in [0.29, 0.717) is 17.1 Å². The number of aliphatic hydroxyl groups excluding tert-OH is 1. The average Bonchev–Trinajstić information content (AvgIpc) is 2.61. The summed E-state index contributed by atoms with van der Waals surface area (Å²) in [5.74, 6) is 0.533. The number of ether oxygens (including phenoxy) is 1. The van der Waals surface area contributed by atoms with E-state index in [9.17, 15) is 0 Å². The molecule has 0 saturated carbocycles. The summed E-state index contributed by atoms with van der Waals surface area (Å²) in [7, 11) is 1.56. The summed E-state index contributed by atoms with van der Waals surface area (Å²) in [5, 5.41) is 13.1. The van der Waals surface area contributed by atoms with Crippen LogP contribution >= 0.6 is 0 Å². The van der Waals surface area contributed by atoms with Crippen molar-refractivity contribution < 1.29 is 9.84 Å². The molecule has 0 spiro atoms. The fraction of sp³-hybridized carbons (Fsp3) is 0.333. The zero-order valence-electron chi connectivity index (χ0n) is 8.06. The van der Waals surface area contributed by atoms with E-state index in [1.165, 1.54) is 0 Å². The fourth-order valence-electron chi connectivity index (χ4n) is 1.35. The smallest absolute Gasteiger partial charge is 0.216 e. The largest absolute Gasteiger partial charge is 0.481 e. The predicted molar refractivity (Wildman–Crippen MR) is 50.2 cm³/mol. The SMILES string of the molecule is COc1cc(C)n2ncc(CO)c2n1. The van der Waals surface area contributed by atoms with Crippen LogP contribution in [0.25, 0.3) is 5.65 Å². The molecule has 0 saturated heterocycles. The van der Waals surface area contributed by atoms with Gasteiger partial charge in [0.15, 0.2) is 5.65 Å². The van der Waals surface area contributed by atoms with Crippen LogP contribution in [-0.2, 0) is 6.61 Å². The molecule has 2 aromatic rings. The highest BCUT2D eigenvalue weighted by Crippen LogP contribution is 2.15. The van der Waals surface area contributed by atoms with Gasteiger partial charge in [-0.05, 0) is 6.92 Å². The number of aliphatic hydroxyl groups is 1. The third-order valence-corrected chi connectivity index (χ3v) is 2.08. The van der Waals surface area contributed by atoms with Crippen LogP contribution in [0.1, 0.15) is 11.3 Å². The lowest BCUT2D eigenvalue weighted by Gasteiger charge is -2.03. The maximum Gasteiger partial charge on any atom is 0.216 e. The van der Waals surface area contributed by atoms with E-state index in [0.717, 1.165) is 5.69 Å². The third kappa shape index (κ3) is 1.22. The fourth-order valence-corrected chi connectivity index (χ4v) is 1.35. The lowest BCUT2D eigenvalue weighted by atomic mass is 10.3. The zero-order valence-corrected chi connectivity index (χ0v) is 8.06. The highest BCUT2D eigenvalue weighted by molar-refractivity contribution is 5.48. The minimum atomic E-state index is -0.0664. The molecule has 0 atom stereocenters. The van der Waals surface area contributed by atoms with Crippen molar-refractivity contribution in [3.63, 3.8) is 0 Å². The van der Waals surface area contributed by atoms with Crippen LogP contribution in [0.5, 0.6) is 5.88 Å². The van der Waals surface area contributed by atoms with Gasteiger partial charge in [-0.1, -0.05) is 0 Å². The summed E-state index contributed by atoms with van der Waals surface area (Å²) in [6.45, 7) is 1.84. The normalized spacial score (nSPS) is 10.8. The van der Waals surface area contributed by atoms with Crippen LogP contribution in [0, 0.1) is 6.92 Å². The molecule has 0 aliphatic heterocycles. The minimum absolute atomic E-state index is 0.0664. The predicted octanol–water partition coefficient (Wildman–Crippen LogP) is 0.539. The van der Waals surface area contributed by atoms with Crippen molar-refractivity contribution in [3.8, 4) is 5.88 Å². The van der Waals surface area contributed by atoms with Gasteiger partial charge in [-0.15, -0.1) is 0 Å². The quantitative estimate of drug-likeness (QED) is 0.756. The molecule has 2 heterocycles. The molecule has 0 fully saturated rings. The van der Waals surface area contributed by atoms with Crippen molar-refractivity contribution >= 4 is 5.65 Å². The Morgan fingerprint density at radius 1 is 1.57 bits per heavy atom. The van der Waals surface area contributed by atoms with Crippen molar-refractivity contribution in [3.05, 3.63) is 23.5 Å². The molecular formula is C9H11N3O2. The zero-order chi connectivity index (χ0) is 10.1. The van der Waals surface area contributed by atoms with E-state index < -0.39 is 0 Å². The van der Waals surface area contributed by atoms with Crippen LogP contribution < -0.4 is 4.74 Å². The number of rotatable bonds is 2. The second-order valence-corrected chi connectivity index (χ2v) is 3.00. The molecule has 1 N–H and O–H groups in total. The lowest BCUT2D eigenvalue weighted by Crippen LogP contribution is -1.99. The Hall–Kier alpha value is -1.62. The van der Waals surface area contributed by atoms with Crippen molar-refractivity contribution in [1.29, 1.82) is 0 Å². The Morgan fingerprint density at radius 3 is 3.00 bits per heavy atom. The van der Waals surface area contributed by atoms with Gasteiger partial charge in [-0.2, -0.15) is 10.1 Å². The topological polar surface area (TPSA) is 59.7 Å². The Bertz CT molecular complexity index is 464. The number of nitrogens with zero attached hydrogens (tertiary/aromatic N) is 3. The maximum atomic E-state index is 9.04. The van der Waals surface area contributed by atoms with E-state index in [1.807, 2.05) is 6.92 Å². The first-order chi connectivity index (χ1) is 6.76. The monoisotopic (exact) mass is 193 g/mol. The van der Waals surface area contributed by atoms with Gasteiger partial charge in [0.25, 0.3) is 0 Å². The van der Waals surface area contributed by atoms with Gasteiger partial charge in [0.05, 0.1) is 19.9 Å². The molecular weight excluding hydrogens is 182 g/mol. The number of fused-ring (bicyclic) bond motifs is 1. The summed E-state index contributed by atoms with van der Waals surface area (Å²) in [6.07, 6.45) is 1.61.